The Morgan fingerprint density at radius 3 is 2.88 bits per heavy atom. The molecule has 3 rings (SSSR count). The summed E-state index contributed by atoms with van der Waals surface area (Å²) in [6.45, 7) is 1.48. The number of H-pyrrole nitrogens is 1. The predicted molar refractivity (Wildman–Crippen MR) is 98.9 cm³/mol. The van der Waals surface area contributed by atoms with Gasteiger partial charge in [0.25, 0.3) is 0 Å². The zero-order chi connectivity index (χ0) is 17.6. The molecule has 0 aliphatic carbocycles. The number of benzene rings is 1. The Labute approximate surface area is 147 Å². The van der Waals surface area contributed by atoms with Crippen LogP contribution in [0.5, 0.6) is 0 Å². The molecule has 25 heavy (non-hydrogen) atoms. The molecule has 1 aromatic carbocycles. The molecule has 0 unspecified atom stereocenters. The minimum absolute atomic E-state index is 0.687. The highest BCUT2D eigenvalue weighted by atomic mass is 15.3. The fourth-order valence-electron chi connectivity index (χ4n) is 2.72. The number of aromatic nitrogens is 4. The molecule has 0 radical (unpaired) electrons. The Balaban J connectivity index is 1.63. The lowest BCUT2D eigenvalue weighted by molar-refractivity contribution is 0.461. The SMILES string of the molecule is CN=C(NCc1cccc(-c2ncn[nH]2)c1)N(C)Cc1cccn1C. The molecule has 2 N–H and O–H groups in total. The number of hydrogen-bond donors (Lipinski definition) is 2. The van der Waals surface area contributed by atoms with Gasteiger partial charge in [-0.2, -0.15) is 5.10 Å². The van der Waals surface area contributed by atoms with Crippen LogP contribution in [0.1, 0.15) is 11.3 Å². The Morgan fingerprint density at radius 2 is 2.20 bits per heavy atom. The van der Waals surface area contributed by atoms with Crippen molar-refractivity contribution in [2.75, 3.05) is 14.1 Å². The monoisotopic (exact) mass is 337 g/mol. The van der Waals surface area contributed by atoms with Gasteiger partial charge in [-0.15, -0.1) is 0 Å². The van der Waals surface area contributed by atoms with Crippen LogP contribution in [0.2, 0.25) is 0 Å². The lowest BCUT2D eigenvalue weighted by atomic mass is 10.1. The number of guanidine groups is 1. The number of aromatic amines is 1. The average Bonchev–Trinajstić information content (AvgIpc) is 3.28. The van der Waals surface area contributed by atoms with Gasteiger partial charge >= 0.3 is 0 Å². The third-order valence-electron chi connectivity index (χ3n) is 4.09. The van der Waals surface area contributed by atoms with Gasteiger partial charge in [0.05, 0.1) is 6.54 Å². The summed E-state index contributed by atoms with van der Waals surface area (Å²) in [6.07, 6.45) is 3.56. The third-order valence-corrected chi connectivity index (χ3v) is 4.09. The van der Waals surface area contributed by atoms with Gasteiger partial charge in [0.1, 0.15) is 6.33 Å². The largest absolute Gasteiger partial charge is 0.353 e. The van der Waals surface area contributed by atoms with Crippen LogP contribution in [-0.4, -0.2) is 44.7 Å². The molecule has 0 aliphatic heterocycles. The lowest BCUT2D eigenvalue weighted by Gasteiger charge is -2.22. The minimum Gasteiger partial charge on any atom is -0.353 e. The summed E-state index contributed by atoms with van der Waals surface area (Å²) in [7, 11) is 5.89. The van der Waals surface area contributed by atoms with E-state index in [1.165, 1.54) is 12.0 Å². The molecule has 0 aliphatic rings. The number of nitrogens with one attached hydrogen (secondary N) is 2. The molecule has 0 spiro atoms. The molecule has 0 amide bonds. The van der Waals surface area contributed by atoms with E-state index in [9.17, 15) is 0 Å². The molecule has 0 fully saturated rings. The van der Waals surface area contributed by atoms with E-state index in [4.69, 9.17) is 0 Å². The standard InChI is InChI=1S/C18H23N7/c1-19-18(25(3)12-16-8-5-9-24(16)2)20-11-14-6-4-7-15(10-14)17-21-13-22-23-17/h4-10,13H,11-12H2,1-3H3,(H,19,20)(H,21,22,23). The summed E-state index contributed by atoms with van der Waals surface area (Å²) in [6, 6.07) is 12.4. The van der Waals surface area contributed by atoms with Gasteiger partial charge in [-0.05, 0) is 23.8 Å². The molecule has 0 bridgehead atoms. The molecule has 2 aromatic heterocycles. The highest BCUT2D eigenvalue weighted by molar-refractivity contribution is 5.79. The van der Waals surface area contributed by atoms with Gasteiger partial charge in [-0.25, -0.2) is 4.98 Å². The molecule has 130 valence electrons. The first-order valence-corrected chi connectivity index (χ1v) is 8.14. The molecular formula is C18H23N7. The fraction of sp³-hybridized carbons (Fsp3) is 0.278. The van der Waals surface area contributed by atoms with Gasteiger partial charge in [0.15, 0.2) is 11.8 Å². The summed E-state index contributed by atoms with van der Waals surface area (Å²) < 4.78 is 2.12. The summed E-state index contributed by atoms with van der Waals surface area (Å²) in [5.41, 5.74) is 3.41. The summed E-state index contributed by atoms with van der Waals surface area (Å²) in [5, 5.41) is 10.2. The molecule has 3 aromatic rings. The smallest absolute Gasteiger partial charge is 0.194 e. The van der Waals surface area contributed by atoms with Gasteiger partial charge < -0.3 is 14.8 Å². The van der Waals surface area contributed by atoms with Crippen molar-refractivity contribution in [3.05, 3.63) is 60.2 Å². The second kappa shape index (κ2) is 7.65. The summed E-state index contributed by atoms with van der Waals surface area (Å²) >= 11 is 0. The van der Waals surface area contributed by atoms with E-state index in [1.54, 1.807) is 7.05 Å². The molecule has 0 saturated heterocycles. The Kier molecular flexibility index (Phi) is 5.13. The maximum atomic E-state index is 4.38. The highest BCUT2D eigenvalue weighted by Crippen LogP contribution is 2.15. The van der Waals surface area contributed by atoms with E-state index in [1.807, 2.05) is 38.5 Å². The quantitative estimate of drug-likeness (QED) is 0.552. The van der Waals surface area contributed by atoms with Crippen molar-refractivity contribution in [1.29, 1.82) is 0 Å². The van der Waals surface area contributed by atoms with Crippen LogP contribution < -0.4 is 5.32 Å². The highest BCUT2D eigenvalue weighted by Gasteiger charge is 2.09. The van der Waals surface area contributed by atoms with E-state index >= 15 is 0 Å². The lowest BCUT2D eigenvalue weighted by Crippen LogP contribution is -2.38. The average molecular weight is 337 g/mol. The van der Waals surface area contributed by atoms with E-state index in [0.29, 0.717) is 6.54 Å². The second-order valence-electron chi connectivity index (χ2n) is 5.90. The summed E-state index contributed by atoms with van der Waals surface area (Å²) in [4.78, 5) is 10.7. The number of hydrogen-bond acceptors (Lipinski definition) is 3. The van der Waals surface area contributed by atoms with Crippen molar-refractivity contribution >= 4 is 5.96 Å². The molecular weight excluding hydrogens is 314 g/mol. The van der Waals surface area contributed by atoms with Crippen LogP contribution >= 0.6 is 0 Å². The first kappa shape index (κ1) is 16.8. The van der Waals surface area contributed by atoms with Crippen molar-refractivity contribution in [2.45, 2.75) is 13.1 Å². The fourth-order valence-corrected chi connectivity index (χ4v) is 2.72. The van der Waals surface area contributed by atoms with E-state index < -0.39 is 0 Å². The molecule has 7 heteroatoms. The number of nitrogens with zero attached hydrogens (tertiary/aromatic N) is 5. The molecule has 2 heterocycles. The van der Waals surface area contributed by atoms with Crippen LogP contribution in [0.15, 0.2) is 53.9 Å². The van der Waals surface area contributed by atoms with Crippen molar-refractivity contribution in [2.24, 2.45) is 12.0 Å². The van der Waals surface area contributed by atoms with Crippen LogP contribution in [0.25, 0.3) is 11.4 Å². The maximum Gasteiger partial charge on any atom is 0.194 e. The Morgan fingerprint density at radius 1 is 1.32 bits per heavy atom. The van der Waals surface area contributed by atoms with Crippen LogP contribution in [-0.2, 0) is 20.1 Å². The first-order valence-electron chi connectivity index (χ1n) is 8.14. The van der Waals surface area contributed by atoms with Gasteiger partial charge in [0, 0.05) is 45.1 Å². The van der Waals surface area contributed by atoms with Crippen LogP contribution in [0, 0.1) is 0 Å². The number of aryl methyl sites for hydroxylation is 1. The van der Waals surface area contributed by atoms with Crippen molar-refractivity contribution in [3.63, 3.8) is 0 Å². The van der Waals surface area contributed by atoms with Crippen molar-refractivity contribution in [1.82, 2.24) is 30.0 Å². The maximum absolute atomic E-state index is 4.38. The predicted octanol–water partition coefficient (Wildman–Crippen LogP) is 2.02. The number of aliphatic imine (C=N–C) groups is 1. The van der Waals surface area contributed by atoms with Crippen LogP contribution in [0.3, 0.4) is 0 Å². The van der Waals surface area contributed by atoms with E-state index in [0.717, 1.165) is 29.5 Å². The summed E-state index contributed by atoms with van der Waals surface area (Å²) in [5.74, 6) is 1.62. The van der Waals surface area contributed by atoms with Crippen LogP contribution in [0.4, 0.5) is 0 Å². The normalized spacial score (nSPS) is 11.6. The second-order valence-corrected chi connectivity index (χ2v) is 5.90. The van der Waals surface area contributed by atoms with E-state index in [-0.39, 0.29) is 0 Å². The van der Waals surface area contributed by atoms with Gasteiger partial charge in [0.2, 0.25) is 0 Å². The van der Waals surface area contributed by atoms with Crippen molar-refractivity contribution in [3.8, 4) is 11.4 Å². The Bertz CT molecular complexity index is 833. The number of rotatable bonds is 5. The topological polar surface area (TPSA) is 74.1 Å². The third kappa shape index (κ3) is 4.06. The van der Waals surface area contributed by atoms with Gasteiger partial charge in [-0.1, -0.05) is 18.2 Å². The molecule has 0 saturated carbocycles. The minimum atomic E-state index is 0.687. The molecule has 0 atom stereocenters. The zero-order valence-corrected chi connectivity index (χ0v) is 14.8. The first-order chi connectivity index (χ1) is 12.2. The van der Waals surface area contributed by atoms with Crippen molar-refractivity contribution < 1.29 is 0 Å². The molecule has 7 nitrogen and oxygen atoms in total. The van der Waals surface area contributed by atoms with E-state index in [2.05, 4.69) is 53.2 Å². The van der Waals surface area contributed by atoms with Gasteiger partial charge in [-0.3, -0.25) is 10.1 Å². The Hall–Kier alpha value is -3.09. The zero-order valence-electron chi connectivity index (χ0n) is 14.8.